The Morgan fingerprint density at radius 1 is 1.43 bits per heavy atom. The minimum atomic E-state index is -2.94. The summed E-state index contributed by atoms with van der Waals surface area (Å²) in [5.41, 5.74) is 0. The van der Waals surface area contributed by atoms with Crippen molar-refractivity contribution in [2.24, 2.45) is 0 Å². The Bertz CT molecular complexity index is 316. The second kappa shape index (κ2) is 4.81. The van der Waals surface area contributed by atoms with Crippen LogP contribution in [0.2, 0.25) is 0 Å². The van der Waals surface area contributed by atoms with Crippen LogP contribution < -0.4 is 5.32 Å². The van der Waals surface area contributed by atoms with E-state index < -0.39 is 9.84 Å². The quantitative estimate of drug-likeness (QED) is 0.700. The third-order valence-corrected chi connectivity index (χ3v) is 4.38. The lowest BCUT2D eigenvalue weighted by Crippen LogP contribution is -2.46. The van der Waals surface area contributed by atoms with Crippen molar-refractivity contribution in [2.45, 2.75) is 37.0 Å². The molecule has 0 saturated heterocycles. The van der Waals surface area contributed by atoms with Crippen molar-refractivity contribution >= 4 is 9.84 Å². The van der Waals surface area contributed by atoms with Crippen LogP contribution in [0, 0.1) is 12.3 Å². The number of hydrogen-bond acceptors (Lipinski definition) is 3. The number of sulfone groups is 1. The van der Waals surface area contributed by atoms with Gasteiger partial charge in [-0.25, -0.2) is 8.42 Å². The highest BCUT2D eigenvalue weighted by atomic mass is 32.2. The molecule has 0 aromatic carbocycles. The van der Waals surface area contributed by atoms with E-state index in [4.69, 9.17) is 6.42 Å². The smallest absolute Gasteiger partial charge is 0.151 e. The molecule has 0 radical (unpaired) electrons. The summed E-state index contributed by atoms with van der Waals surface area (Å²) in [6.45, 7) is 0.455. The minimum absolute atomic E-state index is 0.0507. The third kappa shape index (κ3) is 3.00. The topological polar surface area (TPSA) is 46.2 Å². The zero-order valence-electron chi connectivity index (χ0n) is 8.49. The summed E-state index contributed by atoms with van der Waals surface area (Å²) < 4.78 is 22.9. The fraction of sp³-hybridized carbons (Fsp3) is 0.800. The van der Waals surface area contributed by atoms with Crippen LogP contribution in [-0.2, 0) is 9.84 Å². The first-order chi connectivity index (χ1) is 6.55. The molecule has 0 aliphatic heterocycles. The van der Waals surface area contributed by atoms with Crippen molar-refractivity contribution in [3.05, 3.63) is 0 Å². The van der Waals surface area contributed by atoms with Gasteiger partial charge in [0.15, 0.2) is 9.84 Å². The number of rotatable bonds is 3. The fourth-order valence-corrected chi connectivity index (χ4v) is 3.46. The Morgan fingerprint density at radius 2 is 2.07 bits per heavy atom. The van der Waals surface area contributed by atoms with E-state index in [2.05, 4.69) is 11.2 Å². The van der Waals surface area contributed by atoms with Gasteiger partial charge >= 0.3 is 0 Å². The lowest BCUT2D eigenvalue weighted by molar-refractivity contribution is 0.384. The Balaban J connectivity index is 2.65. The van der Waals surface area contributed by atoms with Gasteiger partial charge in [-0.05, 0) is 12.8 Å². The van der Waals surface area contributed by atoms with E-state index in [9.17, 15) is 8.42 Å². The lowest BCUT2D eigenvalue weighted by Gasteiger charge is -2.30. The molecule has 0 spiro atoms. The maximum absolute atomic E-state index is 11.5. The van der Waals surface area contributed by atoms with Crippen LogP contribution in [0.1, 0.15) is 25.7 Å². The van der Waals surface area contributed by atoms with Crippen molar-refractivity contribution in [3.63, 3.8) is 0 Å². The van der Waals surface area contributed by atoms with Gasteiger partial charge in [0.1, 0.15) is 0 Å². The molecule has 2 atom stereocenters. The normalized spacial score (nSPS) is 28.3. The molecule has 0 heterocycles. The van der Waals surface area contributed by atoms with Crippen LogP contribution in [0.3, 0.4) is 0 Å². The molecule has 1 aliphatic rings. The zero-order chi connectivity index (χ0) is 10.6. The first-order valence-corrected chi connectivity index (χ1v) is 6.87. The highest BCUT2D eigenvalue weighted by molar-refractivity contribution is 7.91. The van der Waals surface area contributed by atoms with E-state index in [0.29, 0.717) is 6.54 Å². The van der Waals surface area contributed by atoms with E-state index in [0.717, 1.165) is 25.7 Å². The summed E-state index contributed by atoms with van der Waals surface area (Å²) in [7, 11) is -2.94. The Kier molecular flexibility index (Phi) is 3.97. The first kappa shape index (κ1) is 11.5. The lowest BCUT2D eigenvalue weighted by atomic mass is 9.95. The second-order valence-corrected chi connectivity index (χ2v) is 6.11. The molecule has 0 aromatic heterocycles. The molecule has 1 rings (SSSR count). The summed E-state index contributed by atoms with van der Waals surface area (Å²) in [6, 6.07) is 0.0507. The summed E-state index contributed by atoms with van der Waals surface area (Å²) in [5.74, 6) is 2.48. The average molecular weight is 215 g/mol. The SMILES string of the molecule is C#CCNC1CCCCC1S(C)(=O)=O. The highest BCUT2D eigenvalue weighted by Gasteiger charge is 2.31. The molecule has 80 valence electrons. The van der Waals surface area contributed by atoms with Gasteiger partial charge in [0.2, 0.25) is 0 Å². The molecule has 1 N–H and O–H groups in total. The average Bonchev–Trinajstić information content (AvgIpc) is 2.14. The van der Waals surface area contributed by atoms with Crippen LogP contribution in [-0.4, -0.2) is 32.5 Å². The van der Waals surface area contributed by atoms with E-state index in [1.54, 1.807) is 0 Å². The van der Waals surface area contributed by atoms with Gasteiger partial charge in [-0.15, -0.1) is 6.42 Å². The molecule has 1 saturated carbocycles. The van der Waals surface area contributed by atoms with E-state index in [-0.39, 0.29) is 11.3 Å². The van der Waals surface area contributed by atoms with E-state index >= 15 is 0 Å². The van der Waals surface area contributed by atoms with Crippen LogP contribution >= 0.6 is 0 Å². The summed E-state index contributed by atoms with van der Waals surface area (Å²) in [4.78, 5) is 0. The van der Waals surface area contributed by atoms with Crippen molar-refractivity contribution in [3.8, 4) is 12.3 Å². The molecule has 0 bridgehead atoms. The van der Waals surface area contributed by atoms with Crippen molar-refractivity contribution in [1.82, 2.24) is 5.32 Å². The maximum Gasteiger partial charge on any atom is 0.151 e. The van der Waals surface area contributed by atoms with Crippen LogP contribution in [0.5, 0.6) is 0 Å². The molecule has 3 nitrogen and oxygen atoms in total. The van der Waals surface area contributed by atoms with E-state index in [1.807, 2.05) is 0 Å². The predicted octanol–water partition coefficient (Wildman–Crippen LogP) is 0.565. The van der Waals surface area contributed by atoms with Gasteiger partial charge in [-0.1, -0.05) is 18.8 Å². The molecular weight excluding hydrogens is 198 g/mol. The fourth-order valence-electron chi connectivity index (χ4n) is 2.03. The van der Waals surface area contributed by atoms with Crippen LogP contribution in [0.4, 0.5) is 0 Å². The van der Waals surface area contributed by atoms with E-state index in [1.165, 1.54) is 6.26 Å². The molecule has 0 amide bonds. The molecular formula is C10H17NO2S. The first-order valence-electron chi connectivity index (χ1n) is 4.91. The predicted molar refractivity (Wildman–Crippen MR) is 57.7 cm³/mol. The highest BCUT2D eigenvalue weighted by Crippen LogP contribution is 2.23. The summed E-state index contributed by atoms with van der Waals surface area (Å²) in [6.07, 6.45) is 10.2. The molecule has 4 heteroatoms. The van der Waals surface area contributed by atoms with Crippen molar-refractivity contribution in [2.75, 3.05) is 12.8 Å². The van der Waals surface area contributed by atoms with Gasteiger partial charge in [0.25, 0.3) is 0 Å². The molecule has 1 fully saturated rings. The maximum atomic E-state index is 11.5. The van der Waals surface area contributed by atoms with Gasteiger partial charge < -0.3 is 5.32 Å². The Morgan fingerprint density at radius 3 is 2.64 bits per heavy atom. The largest absolute Gasteiger partial charge is 0.302 e. The van der Waals surface area contributed by atoms with Gasteiger partial charge in [-0.3, -0.25) is 0 Å². The van der Waals surface area contributed by atoms with Gasteiger partial charge in [-0.2, -0.15) is 0 Å². The number of terminal acetylenes is 1. The van der Waals surface area contributed by atoms with Crippen LogP contribution in [0.15, 0.2) is 0 Å². The zero-order valence-corrected chi connectivity index (χ0v) is 9.31. The standard InChI is InChI=1S/C10H17NO2S/c1-3-8-11-9-6-4-5-7-10(9)14(2,12)13/h1,9-11H,4-8H2,2H3. The van der Waals surface area contributed by atoms with Gasteiger partial charge in [0.05, 0.1) is 11.8 Å². The van der Waals surface area contributed by atoms with Crippen LogP contribution in [0.25, 0.3) is 0 Å². The summed E-state index contributed by atoms with van der Waals surface area (Å²) in [5, 5.41) is 2.87. The van der Waals surface area contributed by atoms with Crippen molar-refractivity contribution < 1.29 is 8.42 Å². The third-order valence-electron chi connectivity index (χ3n) is 2.72. The Hall–Kier alpha value is -0.530. The number of hydrogen-bond donors (Lipinski definition) is 1. The second-order valence-electron chi connectivity index (χ2n) is 3.84. The molecule has 14 heavy (non-hydrogen) atoms. The van der Waals surface area contributed by atoms with Crippen molar-refractivity contribution in [1.29, 1.82) is 0 Å². The minimum Gasteiger partial charge on any atom is -0.302 e. The molecule has 2 unspecified atom stereocenters. The number of nitrogens with one attached hydrogen (secondary N) is 1. The van der Waals surface area contributed by atoms with Gasteiger partial charge in [0, 0.05) is 12.3 Å². The Labute approximate surface area is 86.2 Å². The molecule has 0 aromatic rings. The monoisotopic (exact) mass is 215 g/mol. The summed E-state index contributed by atoms with van der Waals surface area (Å²) >= 11 is 0. The molecule has 1 aliphatic carbocycles.